The minimum Gasteiger partial charge on any atom is -0.371 e. The Morgan fingerprint density at radius 2 is 1.86 bits per heavy atom. The van der Waals surface area contributed by atoms with Crippen molar-refractivity contribution in [3.05, 3.63) is 60.2 Å². The van der Waals surface area contributed by atoms with E-state index in [4.69, 9.17) is 0 Å². The zero-order valence-corrected chi connectivity index (χ0v) is 16.9. The fourth-order valence-corrected chi connectivity index (χ4v) is 4.24. The van der Waals surface area contributed by atoms with Crippen molar-refractivity contribution >= 4 is 23.2 Å². The smallest absolute Gasteiger partial charge is 0.225 e. The van der Waals surface area contributed by atoms with Crippen LogP contribution in [0.2, 0.25) is 0 Å². The maximum absolute atomic E-state index is 12.0. The second-order valence-electron chi connectivity index (χ2n) is 7.81. The van der Waals surface area contributed by atoms with Crippen molar-refractivity contribution in [3.8, 4) is 0 Å². The SMILES string of the molecule is CN=C(NCC1CCN(c2ccccc2)C1)NCC1CC(=O)Nc2ccccc21. The molecular weight excluding hydrogens is 362 g/mol. The van der Waals surface area contributed by atoms with Gasteiger partial charge in [-0.3, -0.25) is 9.79 Å². The highest BCUT2D eigenvalue weighted by Crippen LogP contribution is 2.31. The van der Waals surface area contributed by atoms with Gasteiger partial charge in [0.25, 0.3) is 0 Å². The first-order chi connectivity index (χ1) is 14.2. The van der Waals surface area contributed by atoms with Crippen LogP contribution in [0.15, 0.2) is 59.6 Å². The Morgan fingerprint density at radius 1 is 1.10 bits per heavy atom. The summed E-state index contributed by atoms with van der Waals surface area (Å²) in [5.41, 5.74) is 3.40. The van der Waals surface area contributed by atoms with Crippen molar-refractivity contribution in [1.29, 1.82) is 0 Å². The fraction of sp³-hybridized carbons (Fsp3) is 0.391. The van der Waals surface area contributed by atoms with Gasteiger partial charge in [0.15, 0.2) is 5.96 Å². The van der Waals surface area contributed by atoms with E-state index in [2.05, 4.69) is 62.2 Å². The number of nitrogens with one attached hydrogen (secondary N) is 3. The van der Waals surface area contributed by atoms with Gasteiger partial charge in [-0.1, -0.05) is 36.4 Å². The van der Waals surface area contributed by atoms with Gasteiger partial charge in [-0.2, -0.15) is 0 Å². The van der Waals surface area contributed by atoms with Gasteiger partial charge in [0.2, 0.25) is 5.91 Å². The number of carbonyl (C=O) groups is 1. The Hall–Kier alpha value is -3.02. The molecule has 2 heterocycles. The second kappa shape index (κ2) is 8.99. The first-order valence-electron chi connectivity index (χ1n) is 10.4. The topological polar surface area (TPSA) is 68.8 Å². The molecule has 2 unspecified atom stereocenters. The average molecular weight is 392 g/mol. The Balaban J connectivity index is 1.27. The summed E-state index contributed by atoms with van der Waals surface area (Å²) in [4.78, 5) is 18.8. The minimum absolute atomic E-state index is 0.0744. The number of para-hydroxylation sites is 2. The highest BCUT2D eigenvalue weighted by Gasteiger charge is 2.25. The summed E-state index contributed by atoms with van der Waals surface area (Å²) in [6, 6.07) is 18.6. The van der Waals surface area contributed by atoms with Crippen molar-refractivity contribution < 1.29 is 4.79 Å². The molecule has 2 aromatic carbocycles. The normalized spacial score (nSPS) is 21.5. The van der Waals surface area contributed by atoms with Crippen LogP contribution in [0.1, 0.15) is 24.3 Å². The van der Waals surface area contributed by atoms with Crippen molar-refractivity contribution in [2.24, 2.45) is 10.9 Å². The van der Waals surface area contributed by atoms with Crippen LogP contribution in [0.4, 0.5) is 11.4 Å². The number of hydrogen-bond acceptors (Lipinski definition) is 3. The third kappa shape index (κ3) is 4.70. The van der Waals surface area contributed by atoms with Gasteiger partial charge in [-0.25, -0.2) is 0 Å². The number of hydrogen-bond donors (Lipinski definition) is 3. The zero-order valence-electron chi connectivity index (χ0n) is 16.9. The average Bonchev–Trinajstić information content (AvgIpc) is 3.23. The van der Waals surface area contributed by atoms with Crippen molar-refractivity contribution in [3.63, 3.8) is 0 Å². The molecule has 2 aliphatic rings. The second-order valence-corrected chi connectivity index (χ2v) is 7.81. The molecule has 0 radical (unpaired) electrons. The van der Waals surface area contributed by atoms with Gasteiger partial charge in [-0.05, 0) is 36.1 Å². The summed E-state index contributed by atoms with van der Waals surface area (Å²) < 4.78 is 0. The molecule has 1 amide bonds. The summed E-state index contributed by atoms with van der Waals surface area (Å²) in [5, 5.41) is 9.84. The lowest BCUT2D eigenvalue weighted by atomic mass is 9.90. The molecule has 4 rings (SSSR count). The third-order valence-electron chi connectivity index (χ3n) is 5.81. The summed E-state index contributed by atoms with van der Waals surface area (Å²) in [6.45, 7) is 3.73. The van der Waals surface area contributed by atoms with E-state index in [-0.39, 0.29) is 11.8 Å². The Labute approximate surface area is 172 Å². The number of guanidine groups is 1. The molecule has 0 aliphatic carbocycles. The summed E-state index contributed by atoms with van der Waals surface area (Å²) >= 11 is 0. The lowest BCUT2D eigenvalue weighted by molar-refractivity contribution is -0.116. The summed E-state index contributed by atoms with van der Waals surface area (Å²) in [6.07, 6.45) is 1.67. The van der Waals surface area contributed by atoms with Crippen LogP contribution in [0.25, 0.3) is 0 Å². The van der Waals surface area contributed by atoms with E-state index in [9.17, 15) is 4.79 Å². The van der Waals surface area contributed by atoms with E-state index >= 15 is 0 Å². The molecule has 2 aromatic rings. The van der Waals surface area contributed by atoms with Crippen molar-refractivity contribution in [1.82, 2.24) is 10.6 Å². The van der Waals surface area contributed by atoms with E-state index in [1.807, 2.05) is 18.2 Å². The van der Waals surface area contributed by atoms with Gasteiger partial charge in [0.1, 0.15) is 0 Å². The van der Waals surface area contributed by atoms with Gasteiger partial charge in [0, 0.05) is 56.9 Å². The van der Waals surface area contributed by atoms with Gasteiger partial charge < -0.3 is 20.9 Å². The maximum atomic E-state index is 12.0. The van der Waals surface area contributed by atoms with Crippen LogP contribution in [0.3, 0.4) is 0 Å². The molecule has 152 valence electrons. The predicted octanol–water partition coefficient (Wildman–Crippen LogP) is 2.80. The first-order valence-corrected chi connectivity index (χ1v) is 10.4. The zero-order chi connectivity index (χ0) is 20.1. The molecule has 0 bridgehead atoms. The minimum atomic E-state index is 0.0744. The number of carbonyl (C=O) groups excluding carboxylic acids is 1. The van der Waals surface area contributed by atoms with Crippen LogP contribution < -0.4 is 20.9 Å². The van der Waals surface area contributed by atoms with Crippen LogP contribution in [0, 0.1) is 5.92 Å². The van der Waals surface area contributed by atoms with Gasteiger partial charge in [0.05, 0.1) is 0 Å². The number of benzene rings is 2. The first kappa shape index (κ1) is 19.3. The molecule has 1 fully saturated rings. The number of anilines is 2. The van der Waals surface area contributed by atoms with E-state index in [0.29, 0.717) is 18.9 Å². The van der Waals surface area contributed by atoms with Crippen LogP contribution in [0.5, 0.6) is 0 Å². The predicted molar refractivity (Wildman–Crippen MR) is 119 cm³/mol. The molecule has 6 heteroatoms. The maximum Gasteiger partial charge on any atom is 0.225 e. The van der Waals surface area contributed by atoms with E-state index in [1.165, 1.54) is 17.7 Å². The highest BCUT2D eigenvalue weighted by molar-refractivity contribution is 5.94. The number of nitrogens with zero attached hydrogens (tertiary/aromatic N) is 2. The van der Waals surface area contributed by atoms with Crippen LogP contribution in [-0.4, -0.2) is 45.1 Å². The summed E-state index contributed by atoms with van der Waals surface area (Å²) in [7, 11) is 1.79. The molecule has 2 aliphatic heterocycles. The van der Waals surface area contributed by atoms with Gasteiger partial charge in [-0.15, -0.1) is 0 Å². The molecule has 2 atom stereocenters. The molecule has 1 saturated heterocycles. The van der Waals surface area contributed by atoms with Crippen molar-refractivity contribution in [2.45, 2.75) is 18.8 Å². The van der Waals surface area contributed by atoms with Crippen LogP contribution >= 0.6 is 0 Å². The number of amides is 1. The van der Waals surface area contributed by atoms with E-state index in [1.54, 1.807) is 7.05 Å². The molecule has 0 saturated carbocycles. The number of aliphatic imine (C=N–C) groups is 1. The molecule has 3 N–H and O–H groups in total. The largest absolute Gasteiger partial charge is 0.371 e. The molecule has 29 heavy (non-hydrogen) atoms. The Morgan fingerprint density at radius 3 is 2.69 bits per heavy atom. The summed E-state index contributed by atoms with van der Waals surface area (Å²) in [5.74, 6) is 1.62. The molecule has 0 spiro atoms. The lowest BCUT2D eigenvalue weighted by Gasteiger charge is -2.26. The number of rotatable bonds is 5. The molecule has 0 aromatic heterocycles. The third-order valence-corrected chi connectivity index (χ3v) is 5.81. The Kier molecular flexibility index (Phi) is 5.98. The Bertz CT molecular complexity index is 867. The van der Waals surface area contributed by atoms with Gasteiger partial charge >= 0.3 is 0 Å². The molecular formula is C23H29N5O. The lowest BCUT2D eigenvalue weighted by Crippen LogP contribution is -2.42. The van der Waals surface area contributed by atoms with Crippen LogP contribution in [-0.2, 0) is 4.79 Å². The highest BCUT2D eigenvalue weighted by atomic mass is 16.1. The van der Waals surface area contributed by atoms with E-state index in [0.717, 1.165) is 31.3 Å². The van der Waals surface area contributed by atoms with E-state index < -0.39 is 0 Å². The fourth-order valence-electron chi connectivity index (χ4n) is 4.24. The quantitative estimate of drug-likeness (QED) is 0.542. The van der Waals surface area contributed by atoms with Crippen molar-refractivity contribution in [2.75, 3.05) is 43.4 Å². The molecule has 6 nitrogen and oxygen atoms in total. The monoisotopic (exact) mass is 391 g/mol. The number of fused-ring (bicyclic) bond motifs is 1. The standard InChI is InChI=1S/C23H29N5O/c1-24-23(25-14-17-11-12-28(16-17)19-7-3-2-4-8-19)26-15-18-13-22(29)27-21-10-6-5-9-20(18)21/h2-10,17-18H,11-16H2,1H3,(H,27,29)(H2,24,25,26).